The van der Waals surface area contributed by atoms with Crippen LogP contribution in [0.5, 0.6) is 0 Å². The standard InChI is InChI=1S/C6H13N3O2/c7-5(6(10)11)4-9-3-1-2-8-9/h5,8H,1-4,7H2,(H,10,11). The van der Waals surface area contributed by atoms with E-state index >= 15 is 0 Å². The molecule has 0 saturated carbocycles. The molecule has 0 spiro atoms. The highest BCUT2D eigenvalue weighted by Crippen LogP contribution is 1.96. The number of aliphatic carboxylic acids is 1. The van der Waals surface area contributed by atoms with Crippen molar-refractivity contribution >= 4 is 5.97 Å². The van der Waals surface area contributed by atoms with Crippen LogP contribution in [0.2, 0.25) is 0 Å². The predicted octanol–water partition coefficient (Wildman–Crippen LogP) is -1.39. The van der Waals surface area contributed by atoms with Gasteiger partial charge in [0, 0.05) is 19.6 Å². The van der Waals surface area contributed by atoms with Crippen LogP contribution >= 0.6 is 0 Å². The zero-order chi connectivity index (χ0) is 8.27. The molecule has 0 aromatic carbocycles. The van der Waals surface area contributed by atoms with Crippen molar-refractivity contribution in [1.82, 2.24) is 10.4 Å². The van der Waals surface area contributed by atoms with Crippen molar-refractivity contribution in [3.05, 3.63) is 0 Å². The minimum absolute atomic E-state index is 0.384. The van der Waals surface area contributed by atoms with E-state index in [1.54, 1.807) is 0 Å². The number of nitrogens with zero attached hydrogens (tertiary/aromatic N) is 1. The largest absolute Gasteiger partial charge is 0.480 e. The molecule has 1 saturated heterocycles. The number of carboxylic acid groups (broad SMARTS) is 1. The molecule has 1 unspecified atom stereocenters. The highest BCUT2D eigenvalue weighted by atomic mass is 16.4. The fraction of sp³-hybridized carbons (Fsp3) is 0.833. The van der Waals surface area contributed by atoms with Crippen LogP contribution in [0.3, 0.4) is 0 Å². The molecule has 64 valence electrons. The summed E-state index contributed by atoms with van der Waals surface area (Å²) in [7, 11) is 0. The monoisotopic (exact) mass is 159 g/mol. The third kappa shape index (κ3) is 2.45. The SMILES string of the molecule is NC(CN1CCCN1)C(=O)O. The molecule has 1 heterocycles. The summed E-state index contributed by atoms with van der Waals surface area (Å²) in [5.41, 5.74) is 8.35. The minimum atomic E-state index is -0.946. The lowest BCUT2D eigenvalue weighted by Crippen LogP contribution is -2.45. The molecule has 1 rings (SSSR count). The Morgan fingerprint density at radius 1 is 1.82 bits per heavy atom. The smallest absolute Gasteiger partial charge is 0.321 e. The van der Waals surface area contributed by atoms with Crippen molar-refractivity contribution in [2.75, 3.05) is 19.6 Å². The molecule has 11 heavy (non-hydrogen) atoms. The molecular formula is C6H13N3O2. The van der Waals surface area contributed by atoms with Crippen LogP contribution in [-0.4, -0.2) is 41.8 Å². The van der Waals surface area contributed by atoms with E-state index in [-0.39, 0.29) is 0 Å². The van der Waals surface area contributed by atoms with Gasteiger partial charge in [0.1, 0.15) is 6.04 Å². The van der Waals surface area contributed by atoms with E-state index in [9.17, 15) is 4.79 Å². The van der Waals surface area contributed by atoms with Crippen molar-refractivity contribution in [3.63, 3.8) is 0 Å². The van der Waals surface area contributed by atoms with Gasteiger partial charge in [-0.1, -0.05) is 0 Å². The number of rotatable bonds is 3. The maximum Gasteiger partial charge on any atom is 0.321 e. The molecule has 0 amide bonds. The highest BCUT2D eigenvalue weighted by molar-refractivity contribution is 5.73. The Morgan fingerprint density at radius 3 is 3.00 bits per heavy atom. The van der Waals surface area contributed by atoms with Gasteiger partial charge < -0.3 is 10.8 Å². The molecule has 5 nitrogen and oxygen atoms in total. The van der Waals surface area contributed by atoms with Crippen molar-refractivity contribution in [2.45, 2.75) is 12.5 Å². The van der Waals surface area contributed by atoms with Crippen LogP contribution in [0.25, 0.3) is 0 Å². The second kappa shape index (κ2) is 3.66. The number of hydrogen-bond donors (Lipinski definition) is 3. The molecule has 1 fully saturated rings. The molecule has 1 aliphatic heterocycles. The van der Waals surface area contributed by atoms with Gasteiger partial charge in [0.15, 0.2) is 0 Å². The van der Waals surface area contributed by atoms with E-state index in [2.05, 4.69) is 5.43 Å². The number of carbonyl (C=O) groups is 1. The zero-order valence-corrected chi connectivity index (χ0v) is 6.29. The van der Waals surface area contributed by atoms with Gasteiger partial charge in [0.2, 0.25) is 0 Å². The molecule has 1 aliphatic rings. The Balaban J connectivity index is 2.23. The fourth-order valence-corrected chi connectivity index (χ4v) is 1.06. The van der Waals surface area contributed by atoms with E-state index in [0.717, 1.165) is 19.5 Å². The Morgan fingerprint density at radius 2 is 2.55 bits per heavy atom. The zero-order valence-electron chi connectivity index (χ0n) is 6.29. The molecule has 0 aromatic rings. The van der Waals surface area contributed by atoms with Crippen LogP contribution in [0.1, 0.15) is 6.42 Å². The first-order chi connectivity index (χ1) is 5.20. The Labute approximate surface area is 65.1 Å². The fourth-order valence-electron chi connectivity index (χ4n) is 1.06. The first-order valence-corrected chi connectivity index (χ1v) is 3.67. The topological polar surface area (TPSA) is 78.6 Å². The minimum Gasteiger partial charge on any atom is -0.480 e. The summed E-state index contributed by atoms with van der Waals surface area (Å²) >= 11 is 0. The van der Waals surface area contributed by atoms with Gasteiger partial charge in [0.25, 0.3) is 0 Å². The molecule has 0 aliphatic carbocycles. The number of nitrogens with one attached hydrogen (secondary N) is 1. The van der Waals surface area contributed by atoms with E-state index in [1.165, 1.54) is 0 Å². The van der Waals surface area contributed by atoms with Crippen LogP contribution < -0.4 is 11.2 Å². The van der Waals surface area contributed by atoms with E-state index in [1.807, 2.05) is 5.01 Å². The van der Waals surface area contributed by atoms with Gasteiger partial charge in [-0.3, -0.25) is 10.2 Å². The van der Waals surface area contributed by atoms with Crippen LogP contribution in [0.15, 0.2) is 0 Å². The third-order valence-corrected chi connectivity index (χ3v) is 1.67. The Hall–Kier alpha value is -0.650. The number of carboxylic acids is 1. The summed E-state index contributed by atoms with van der Waals surface area (Å²) in [6, 6.07) is -0.777. The van der Waals surface area contributed by atoms with E-state index in [4.69, 9.17) is 10.8 Å². The molecule has 0 aromatic heterocycles. The van der Waals surface area contributed by atoms with Crippen molar-refractivity contribution in [2.24, 2.45) is 5.73 Å². The molecule has 0 bridgehead atoms. The average Bonchev–Trinajstić information content (AvgIpc) is 2.39. The maximum absolute atomic E-state index is 10.3. The molecular weight excluding hydrogens is 146 g/mol. The number of hydrogen-bond acceptors (Lipinski definition) is 4. The van der Waals surface area contributed by atoms with E-state index < -0.39 is 12.0 Å². The van der Waals surface area contributed by atoms with E-state index in [0.29, 0.717) is 6.54 Å². The predicted molar refractivity (Wildman–Crippen MR) is 39.8 cm³/mol. The molecule has 4 N–H and O–H groups in total. The van der Waals surface area contributed by atoms with Gasteiger partial charge in [-0.05, 0) is 6.42 Å². The van der Waals surface area contributed by atoms with Gasteiger partial charge in [-0.2, -0.15) is 0 Å². The van der Waals surface area contributed by atoms with Crippen molar-refractivity contribution in [1.29, 1.82) is 0 Å². The average molecular weight is 159 g/mol. The van der Waals surface area contributed by atoms with Gasteiger partial charge in [-0.25, -0.2) is 5.01 Å². The Bertz CT molecular complexity index is 145. The normalized spacial score (nSPS) is 21.9. The summed E-state index contributed by atoms with van der Waals surface area (Å²) in [6.45, 7) is 2.20. The second-order valence-electron chi connectivity index (χ2n) is 2.65. The summed E-state index contributed by atoms with van der Waals surface area (Å²) < 4.78 is 0. The van der Waals surface area contributed by atoms with Crippen LogP contribution in [0, 0.1) is 0 Å². The third-order valence-electron chi connectivity index (χ3n) is 1.67. The molecule has 0 radical (unpaired) electrons. The summed E-state index contributed by atoms with van der Waals surface area (Å²) in [5.74, 6) is -0.946. The molecule has 5 heteroatoms. The number of hydrazine groups is 1. The first-order valence-electron chi connectivity index (χ1n) is 3.67. The lowest BCUT2D eigenvalue weighted by Gasteiger charge is -2.16. The summed E-state index contributed by atoms with van der Waals surface area (Å²) in [4.78, 5) is 10.3. The van der Waals surface area contributed by atoms with Crippen molar-refractivity contribution < 1.29 is 9.90 Å². The van der Waals surface area contributed by atoms with Gasteiger partial charge in [-0.15, -0.1) is 0 Å². The quantitative estimate of drug-likeness (QED) is 0.472. The molecule has 1 atom stereocenters. The van der Waals surface area contributed by atoms with Crippen LogP contribution in [-0.2, 0) is 4.79 Å². The lowest BCUT2D eigenvalue weighted by molar-refractivity contribution is -0.139. The Kier molecular flexibility index (Phi) is 2.81. The van der Waals surface area contributed by atoms with Crippen LogP contribution in [0.4, 0.5) is 0 Å². The van der Waals surface area contributed by atoms with Crippen molar-refractivity contribution in [3.8, 4) is 0 Å². The highest BCUT2D eigenvalue weighted by Gasteiger charge is 2.18. The lowest BCUT2D eigenvalue weighted by atomic mass is 10.3. The summed E-state index contributed by atoms with van der Waals surface area (Å²) in [6.07, 6.45) is 1.06. The first kappa shape index (κ1) is 8.45. The van der Waals surface area contributed by atoms with Gasteiger partial charge >= 0.3 is 5.97 Å². The van der Waals surface area contributed by atoms with Gasteiger partial charge in [0.05, 0.1) is 0 Å². The maximum atomic E-state index is 10.3. The second-order valence-corrected chi connectivity index (χ2v) is 2.65. The number of nitrogens with two attached hydrogens (primary N) is 1. The summed E-state index contributed by atoms with van der Waals surface area (Å²) in [5, 5.41) is 10.3.